The number of alkyl halides is 1. The summed E-state index contributed by atoms with van der Waals surface area (Å²) in [6.45, 7) is 3.65. The van der Waals surface area contributed by atoms with Gasteiger partial charge in [0.2, 0.25) is 0 Å². The van der Waals surface area contributed by atoms with Crippen LogP contribution in [0.15, 0.2) is 0 Å². The fraction of sp³-hybridized carbons (Fsp3) is 1.00. The lowest BCUT2D eigenvalue weighted by molar-refractivity contribution is 0.129. The number of hydrogen-bond donors (Lipinski definition) is 1. The highest BCUT2D eigenvalue weighted by Gasteiger charge is 2.24. The van der Waals surface area contributed by atoms with Gasteiger partial charge >= 0.3 is 8.03 Å². The van der Waals surface area contributed by atoms with Crippen molar-refractivity contribution in [2.45, 2.75) is 25.6 Å². The Balaban J connectivity index is 3.46. The van der Waals surface area contributed by atoms with E-state index in [1.165, 1.54) is 0 Å². The smallest absolute Gasteiger partial charge is 0.389 e. The van der Waals surface area contributed by atoms with Crippen molar-refractivity contribution in [3.05, 3.63) is 0 Å². The monoisotopic (exact) mass is 199 g/mol. The van der Waals surface area contributed by atoms with E-state index in [0.29, 0.717) is 0 Å². The van der Waals surface area contributed by atoms with E-state index in [0.717, 1.165) is 0 Å². The number of hydrogen-bond acceptors (Lipinski definition) is 3. The largest absolute Gasteiger partial charge is 0.510 e. The van der Waals surface area contributed by atoms with Gasteiger partial charge in [-0.25, -0.2) is 0 Å². The maximum atomic E-state index is 10.9. The Kier molecular flexibility index (Phi) is 6.06. The van der Waals surface area contributed by atoms with Gasteiger partial charge in [-0.15, -0.1) is 16.1 Å². The van der Waals surface area contributed by atoms with Crippen molar-refractivity contribution in [3.8, 4) is 0 Å². The summed E-state index contributed by atoms with van der Waals surface area (Å²) in [6, 6.07) is 0. The second kappa shape index (κ2) is 5.90. The predicted octanol–water partition coefficient (Wildman–Crippen LogP) is 1.75. The van der Waals surface area contributed by atoms with Gasteiger partial charge in [0, 0.05) is 0 Å². The topological polar surface area (TPSA) is 46.5 Å². The molecule has 0 aliphatic carbocycles. The fourth-order valence-corrected chi connectivity index (χ4v) is 1.06. The van der Waals surface area contributed by atoms with Crippen LogP contribution in [0.4, 0.5) is 0 Å². The normalized spacial score (nSPS) is 15.2. The summed E-state index contributed by atoms with van der Waals surface area (Å²) in [6.07, 6.45) is -0.714. The molecule has 2 unspecified atom stereocenters. The molecule has 3 nitrogen and oxygen atoms in total. The van der Waals surface area contributed by atoms with E-state index in [4.69, 9.17) is 21.2 Å². The third-order valence-corrected chi connectivity index (χ3v) is 2.60. The van der Waals surface area contributed by atoms with E-state index in [-0.39, 0.29) is 18.1 Å². The second-order valence-electron chi connectivity index (χ2n) is 2.48. The molecule has 0 saturated carbocycles. The summed E-state index contributed by atoms with van der Waals surface area (Å²) in [5, 5.41) is 8.90. The molecule has 0 rings (SSSR count). The van der Waals surface area contributed by atoms with Crippen molar-refractivity contribution >= 4 is 19.6 Å². The molecule has 0 aromatic heterocycles. The van der Waals surface area contributed by atoms with Gasteiger partial charge in [-0.3, -0.25) is 0 Å². The summed E-state index contributed by atoms with van der Waals surface area (Å²) in [5.74, 6) is 0.112. The van der Waals surface area contributed by atoms with Crippen LogP contribution < -0.4 is 0 Å². The molecule has 1 N–H and O–H groups in total. The van der Waals surface area contributed by atoms with Gasteiger partial charge in [0.25, 0.3) is 0 Å². The van der Waals surface area contributed by atoms with E-state index in [9.17, 15) is 4.57 Å². The summed E-state index contributed by atoms with van der Waals surface area (Å²) in [4.78, 5) is 0. The van der Waals surface area contributed by atoms with E-state index in [2.05, 4.69) is 0 Å². The zero-order valence-electron chi connectivity index (χ0n) is 6.66. The first-order chi connectivity index (χ1) is 5.07. The molecular weight excluding hydrogens is 186 g/mol. The SMILES string of the molecule is CC(C)[P+](=O)OCC(O)CCl. The van der Waals surface area contributed by atoms with Crippen molar-refractivity contribution in [1.82, 2.24) is 0 Å². The molecule has 0 heterocycles. The minimum Gasteiger partial charge on any atom is -0.389 e. The first kappa shape index (κ1) is 11.3. The Labute approximate surface area is 72.6 Å². The van der Waals surface area contributed by atoms with E-state index >= 15 is 0 Å². The summed E-state index contributed by atoms with van der Waals surface area (Å²) < 4.78 is 15.8. The third-order valence-electron chi connectivity index (χ3n) is 0.994. The lowest BCUT2D eigenvalue weighted by Gasteiger charge is -1.99. The van der Waals surface area contributed by atoms with Crippen LogP contribution in [-0.2, 0) is 9.09 Å². The van der Waals surface area contributed by atoms with Gasteiger partial charge in [0.15, 0.2) is 5.66 Å². The Morgan fingerprint density at radius 1 is 1.64 bits per heavy atom. The number of aliphatic hydroxyl groups excluding tert-OH is 1. The quantitative estimate of drug-likeness (QED) is 0.542. The summed E-state index contributed by atoms with van der Waals surface area (Å²) in [5.41, 5.74) is -0.00692. The molecule has 0 radical (unpaired) electrons. The average molecular weight is 200 g/mol. The van der Waals surface area contributed by atoms with E-state index in [1.807, 2.05) is 0 Å². The van der Waals surface area contributed by atoms with Crippen LogP contribution in [0.5, 0.6) is 0 Å². The Bertz CT molecular complexity index is 129. The average Bonchev–Trinajstić information content (AvgIpc) is 1.99. The fourth-order valence-electron chi connectivity index (χ4n) is 0.353. The molecule has 0 spiro atoms. The number of halogens is 1. The van der Waals surface area contributed by atoms with Crippen LogP contribution in [0.3, 0.4) is 0 Å². The van der Waals surface area contributed by atoms with Crippen molar-refractivity contribution in [2.75, 3.05) is 12.5 Å². The van der Waals surface area contributed by atoms with Crippen molar-refractivity contribution in [2.24, 2.45) is 0 Å². The third kappa shape index (κ3) is 5.57. The molecule has 5 heteroatoms. The highest BCUT2D eigenvalue weighted by molar-refractivity contribution is 7.39. The van der Waals surface area contributed by atoms with Gasteiger partial charge in [0.1, 0.15) is 6.61 Å². The molecule has 0 aromatic carbocycles. The van der Waals surface area contributed by atoms with Crippen molar-refractivity contribution < 1.29 is 14.2 Å². The van der Waals surface area contributed by atoms with Gasteiger partial charge < -0.3 is 5.11 Å². The number of aliphatic hydroxyl groups is 1. The van der Waals surface area contributed by atoms with Crippen LogP contribution >= 0.6 is 19.6 Å². The van der Waals surface area contributed by atoms with Crippen LogP contribution in [0.1, 0.15) is 13.8 Å². The minimum absolute atomic E-state index is 0.00692. The van der Waals surface area contributed by atoms with Crippen molar-refractivity contribution in [3.63, 3.8) is 0 Å². The molecule has 0 fully saturated rings. The van der Waals surface area contributed by atoms with Crippen LogP contribution in [0.25, 0.3) is 0 Å². The number of rotatable bonds is 5. The van der Waals surface area contributed by atoms with Crippen molar-refractivity contribution in [1.29, 1.82) is 0 Å². The second-order valence-corrected chi connectivity index (χ2v) is 4.65. The van der Waals surface area contributed by atoms with Crippen LogP contribution in [0, 0.1) is 0 Å². The summed E-state index contributed by atoms with van der Waals surface area (Å²) >= 11 is 5.29. The summed E-state index contributed by atoms with van der Waals surface area (Å²) in [7, 11) is -1.65. The van der Waals surface area contributed by atoms with Gasteiger partial charge in [-0.2, -0.15) is 0 Å². The van der Waals surface area contributed by atoms with E-state index in [1.54, 1.807) is 13.8 Å². The first-order valence-corrected chi connectivity index (χ1v) is 5.19. The molecule has 0 amide bonds. The lowest BCUT2D eigenvalue weighted by Crippen LogP contribution is -2.15. The maximum Gasteiger partial charge on any atom is 0.510 e. The maximum absolute atomic E-state index is 10.9. The van der Waals surface area contributed by atoms with Crippen LogP contribution in [0.2, 0.25) is 0 Å². The molecule has 0 aliphatic rings. The molecule has 0 bridgehead atoms. The molecule has 0 saturated heterocycles. The standard InChI is InChI=1S/C6H13ClO3P/c1-5(2)11(9)10-4-6(8)3-7/h5-6,8H,3-4H2,1-2H3/q+1. The van der Waals surface area contributed by atoms with Gasteiger partial charge in [-0.1, -0.05) is 0 Å². The predicted molar refractivity (Wildman–Crippen MR) is 45.4 cm³/mol. The highest BCUT2D eigenvalue weighted by atomic mass is 35.5. The zero-order valence-corrected chi connectivity index (χ0v) is 8.31. The Morgan fingerprint density at radius 2 is 2.18 bits per heavy atom. The minimum atomic E-state index is -1.65. The highest BCUT2D eigenvalue weighted by Crippen LogP contribution is 2.28. The lowest BCUT2D eigenvalue weighted by atomic mass is 10.4. The molecular formula is C6H13ClO3P+. The zero-order chi connectivity index (χ0) is 8.85. The molecule has 66 valence electrons. The Morgan fingerprint density at radius 3 is 2.55 bits per heavy atom. The van der Waals surface area contributed by atoms with Crippen LogP contribution in [-0.4, -0.2) is 29.4 Å². The first-order valence-electron chi connectivity index (χ1n) is 3.41. The van der Waals surface area contributed by atoms with Gasteiger partial charge in [0.05, 0.1) is 12.0 Å². The molecule has 11 heavy (non-hydrogen) atoms. The molecule has 2 atom stereocenters. The molecule has 0 aromatic rings. The van der Waals surface area contributed by atoms with E-state index < -0.39 is 14.1 Å². The Hall–Kier alpha value is 0.310. The molecule has 0 aliphatic heterocycles. The van der Waals surface area contributed by atoms with Gasteiger partial charge in [-0.05, 0) is 18.4 Å².